The molecule has 0 N–H and O–H groups in total. The van der Waals surface area contributed by atoms with Gasteiger partial charge in [0.05, 0.1) is 9.52 Å². The van der Waals surface area contributed by atoms with Crippen LogP contribution in [0.25, 0.3) is 11.1 Å². The van der Waals surface area contributed by atoms with Crippen LogP contribution < -0.4 is 0 Å². The molecule has 0 aromatic heterocycles. The van der Waals surface area contributed by atoms with Crippen LogP contribution in [0.3, 0.4) is 0 Å². The molecule has 4 rings (SSSR count). The molecule has 0 amide bonds. The van der Waals surface area contributed by atoms with E-state index in [2.05, 4.69) is 82.3 Å². The zero-order chi connectivity index (χ0) is 16.2. The first-order valence-electron chi connectivity index (χ1n) is 8.57. The Balaban J connectivity index is 1.78. The molecule has 2 aliphatic rings. The Bertz CT molecular complexity index is 856. The van der Waals surface area contributed by atoms with Crippen molar-refractivity contribution in [2.24, 2.45) is 0 Å². The van der Waals surface area contributed by atoms with Crippen LogP contribution in [-0.2, 0) is 5.04 Å². The van der Waals surface area contributed by atoms with E-state index in [-0.39, 0.29) is 5.04 Å². The first-order valence-corrected chi connectivity index (χ1v) is 10.1. The van der Waals surface area contributed by atoms with Crippen LogP contribution in [0.1, 0.15) is 55.5 Å². The number of fused-ring (bicyclic) bond motifs is 2. The lowest BCUT2D eigenvalue weighted by molar-refractivity contribution is 0.840. The van der Waals surface area contributed by atoms with Crippen LogP contribution in [0.5, 0.6) is 0 Å². The Kier molecular flexibility index (Phi) is 3.24. The molecule has 0 bridgehead atoms. The molecule has 0 spiro atoms. The number of rotatable bonds is 2. The van der Waals surface area contributed by atoms with Gasteiger partial charge in [0.1, 0.15) is 0 Å². The Hall–Kier alpha value is -1.86. The molecule has 0 nitrogen and oxygen atoms in total. The SMILES string of the molecule is CC1=CC(C)([SiH2]C2C(C)=C(C)c3ccccc32)c2ccccc21. The van der Waals surface area contributed by atoms with Crippen molar-refractivity contribution in [1.29, 1.82) is 0 Å². The lowest BCUT2D eigenvalue weighted by Crippen LogP contribution is -2.30. The summed E-state index contributed by atoms with van der Waals surface area (Å²) in [6.07, 6.45) is 2.55. The molecule has 0 saturated carbocycles. The van der Waals surface area contributed by atoms with Crippen molar-refractivity contribution in [3.8, 4) is 0 Å². The first-order chi connectivity index (χ1) is 11.0. The minimum absolute atomic E-state index is 0.268. The van der Waals surface area contributed by atoms with Gasteiger partial charge in [-0.15, -0.1) is 0 Å². The van der Waals surface area contributed by atoms with E-state index in [1.807, 2.05) is 0 Å². The highest BCUT2D eigenvalue weighted by molar-refractivity contribution is 6.45. The predicted molar refractivity (Wildman–Crippen MR) is 103 cm³/mol. The molecule has 0 saturated heterocycles. The Morgan fingerprint density at radius 1 is 0.870 bits per heavy atom. The van der Waals surface area contributed by atoms with Gasteiger partial charge in [-0.2, -0.15) is 0 Å². The molecule has 0 aliphatic heterocycles. The Morgan fingerprint density at radius 3 is 2.30 bits per heavy atom. The third-order valence-corrected chi connectivity index (χ3v) is 8.88. The first kappa shape index (κ1) is 14.7. The zero-order valence-electron chi connectivity index (χ0n) is 14.5. The van der Waals surface area contributed by atoms with Gasteiger partial charge in [0, 0.05) is 5.04 Å². The van der Waals surface area contributed by atoms with Crippen molar-refractivity contribution < 1.29 is 0 Å². The summed E-state index contributed by atoms with van der Waals surface area (Å²) in [5.41, 5.74) is 11.3. The van der Waals surface area contributed by atoms with Crippen LogP contribution >= 0.6 is 0 Å². The summed E-state index contributed by atoms with van der Waals surface area (Å²) in [6, 6.07) is 18.0. The van der Waals surface area contributed by atoms with E-state index in [0.29, 0.717) is 5.54 Å². The molecule has 2 atom stereocenters. The highest BCUT2D eigenvalue weighted by atomic mass is 28.2. The lowest BCUT2D eigenvalue weighted by atomic mass is 10.0. The van der Waals surface area contributed by atoms with Crippen molar-refractivity contribution in [2.75, 3.05) is 0 Å². The maximum Gasteiger partial charge on any atom is 0.0506 e. The molecule has 0 radical (unpaired) electrons. The zero-order valence-corrected chi connectivity index (χ0v) is 15.9. The summed E-state index contributed by atoms with van der Waals surface area (Å²) in [7, 11) is -0.395. The van der Waals surface area contributed by atoms with Gasteiger partial charge < -0.3 is 0 Å². The van der Waals surface area contributed by atoms with E-state index in [4.69, 9.17) is 0 Å². The Labute approximate surface area is 141 Å². The minimum Gasteiger partial charge on any atom is -0.0741 e. The van der Waals surface area contributed by atoms with Gasteiger partial charge in [-0.25, -0.2) is 0 Å². The average Bonchev–Trinajstić information content (AvgIpc) is 2.95. The van der Waals surface area contributed by atoms with E-state index in [9.17, 15) is 0 Å². The summed E-state index contributed by atoms with van der Waals surface area (Å²) in [5.74, 6) is 0. The van der Waals surface area contributed by atoms with Crippen LogP contribution in [0.4, 0.5) is 0 Å². The quantitative estimate of drug-likeness (QED) is 0.681. The molecule has 2 aromatic carbocycles. The molecule has 2 aliphatic carbocycles. The minimum atomic E-state index is -0.395. The monoisotopic (exact) mass is 316 g/mol. The number of benzene rings is 2. The lowest BCUT2D eigenvalue weighted by Gasteiger charge is -2.28. The summed E-state index contributed by atoms with van der Waals surface area (Å²) in [6.45, 7) is 9.40. The standard InChI is InChI=1S/C22H24Si/c1-14-13-22(4,20-12-8-7-9-17(14)20)23-21-16(3)15(2)18-10-5-6-11-19(18)21/h5-13,21H,23H2,1-4H3. The van der Waals surface area contributed by atoms with E-state index in [1.54, 1.807) is 16.7 Å². The summed E-state index contributed by atoms with van der Waals surface area (Å²) in [5, 5.41) is 0.268. The van der Waals surface area contributed by atoms with Crippen molar-refractivity contribution >= 4 is 20.7 Å². The van der Waals surface area contributed by atoms with Crippen molar-refractivity contribution in [3.63, 3.8) is 0 Å². The maximum absolute atomic E-state index is 2.55. The third-order valence-electron chi connectivity index (χ3n) is 5.98. The van der Waals surface area contributed by atoms with Crippen molar-refractivity contribution in [3.05, 3.63) is 82.4 Å². The second-order valence-corrected chi connectivity index (χ2v) is 10.1. The van der Waals surface area contributed by atoms with Crippen molar-refractivity contribution in [1.82, 2.24) is 0 Å². The van der Waals surface area contributed by atoms with Crippen LogP contribution in [-0.4, -0.2) is 9.52 Å². The molecule has 2 unspecified atom stereocenters. The van der Waals surface area contributed by atoms with Gasteiger partial charge in [-0.1, -0.05) is 67.1 Å². The van der Waals surface area contributed by atoms with Crippen molar-refractivity contribution in [2.45, 2.75) is 38.3 Å². The number of allylic oxidation sites excluding steroid dienone is 4. The molecule has 0 fully saturated rings. The normalized spacial score (nSPS) is 25.9. The molecule has 23 heavy (non-hydrogen) atoms. The van der Waals surface area contributed by atoms with E-state index in [0.717, 1.165) is 0 Å². The molecule has 116 valence electrons. The van der Waals surface area contributed by atoms with E-state index in [1.165, 1.54) is 22.3 Å². The second-order valence-electron chi connectivity index (χ2n) is 7.44. The fourth-order valence-electron chi connectivity index (χ4n) is 4.66. The van der Waals surface area contributed by atoms with Gasteiger partial charge in [0.2, 0.25) is 0 Å². The van der Waals surface area contributed by atoms with Gasteiger partial charge in [-0.3, -0.25) is 0 Å². The molecule has 1 heteroatoms. The van der Waals surface area contributed by atoms with Gasteiger partial charge in [0.25, 0.3) is 0 Å². The summed E-state index contributed by atoms with van der Waals surface area (Å²) >= 11 is 0. The van der Waals surface area contributed by atoms with Gasteiger partial charge >= 0.3 is 0 Å². The highest BCUT2D eigenvalue weighted by Crippen LogP contribution is 2.47. The molecular weight excluding hydrogens is 292 g/mol. The fraction of sp³-hybridized carbons (Fsp3) is 0.273. The van der Waals surface area contributed by atoms with Crippen LogP contribution in [0.2, 0.25) is 0 Å². The fourth-order valence-corrected chi connectivity index (χ4v) is 7.65. The molecule has 2 aromatic rings. The number of hydrogen-bond donors (Lipinski definition) is 0. The van der Waals surface area contributed by atoms with E-state index < -0.39 is 9.52 Å². The third kappa shape index (κ3) is 2.10. The molecular formula is C22H24Si. The largest absolute Gasteiger partial charge is 0.0741 e. The topological polar surface area (TPSA) is 0 Å². The maximum atomic E-state index is 2.55. The van der Waals surface area contributed by atoms with Gasteiger partial charge in [-0.05, 0) is 59.7 Å². The predicted octanol–water partition coefficient (Wildman–Crippen LogP) is 5.04. The van der Waals surface area contributed by atoms with E-state index >= 15 is 0 Å². The summed E-state index contributed by atoms with van der Waals surface area (Å²) in [4.78, 5) is 0. The highest BCUT2D eigenvalue weighted by Gasteiger charge is 2.38. The van der Waals surface area contributed by atoms with Gasteiger partial charge in [0.15, 0.2) is 0 Å². The summed E-state index contributed by atoms with van der Waals surface area (Å²) < 4.78 is 0. The van der Waals surface area contributed by atoms with Crippen LogP contribution in [0.15, 0.2) is 60.2 Å². The smallest absolute Gasteiger partial charge is 0.0506 e. The number of hydrogen-bond acceptors (Lipinski definition) is 0. The average molecular weight is 317 g/mol. The molecule has 0 heterocycles. The second kappa shape index (κ2) is 5.07. The Morgan fingerprint density at radius 2 is 1.52 bits per heavy atom. The van der Waals surface area contributed by atoms with Crippen LogP contribution in [0, 0.1) is 0 Å².